The Morgan fingerprint density at radius 1 is 1.15 bits per heavy atom. The lowest BCUT2D eigenvalue weighted by atomic mass is 10.2. The molecule has 20 heavy (non-hydrogen) atoms. The van der Waals surface area contributed by atoms with Crippen LogP contribution in [0.4, 0.5) is 0 Å². The number of unbranched alkanes of at least 4 members (excludes halogenated alkanes) is 2. The summed E-state index contributed by atoms with van der Waals surface area (Å²) in [5, 5.41) is 9.08. The number of hydrogen-bond acceptors (Lipinski definition) is 3. The van der Waals surface area contributed by atoms with Gasteiger partial charge < -0.3 is 14.6 Å². The number of carboxylic acid groups (broad SMARTS) is 1. The number of ether oxygens (including phenoxy) is 2. The highest BCUT2D eigenvalue weighted by Crippen LogP contribution is 2.10. The summed E-state index contributed by atoms with van der Waals surface area (Å²) in [5.74, 6) is -0.0792. The van der Waals surface area contributed by atoms with Crippen molar-refractivity contribution in [2.24, 2.45) is 0 Å². The van der Waals surface area contributed by atoms with Crippen molar-refractivity contribution in [2.45, 2.75) is 45.1 Å². The molecule has 1 aromatic carbocycles. The Morgan fingerprint density at radius 2 is 1.90 bits per heavy atom. The summed E-state index contributed by atoms with van der Waals surface area (Å²) < 4.78 is 10.9. The van der Waals surface area contributed by atoms with Gasteiger partial charge in [-0.1, -0.05) is 38.0 Å². The van der Waals surface area contributed by atoms with Gasteiger partial charge in [-0.2, -0.15) is 0 Å². The van der Waals surface area contributed by atoms with E-state index >= 15 is 0 Å². The van der Waals surface area contributed by atoms with Gasteiger partial charge in [-0.3, -0.25) is 0 Å². The fraction of sp³-hybridized carbons (Fsp3) is 0.562. The zero-order chi connectivity index (χ0) is 14.6. The van der Waals surface area contributed by atoms with Crippen molar-refractivity contribution < 1.29 is 19.4 Å². The number of hydrogen-bond donors (Lipinski definition) is 1. The molecule has 4 nitrogen and oxygen atoms in total. The minimum Gasteiger partial charge on any atom is -0.494 e. The Labute approximate surface area is 120 Å². The van der Waals surface area contributed by atoms with Crippen molar-refractivity contribution in [3.63, 3.8) is 0 Å². The van der Waals surface area contributed by atoms with E-state index in [1.54, 1.807) is 0 Å². The van der Waals surface area contributed by atoms with Crippen molar-refractivity contribution in [1.82, 2.24) is 0 Å². The highest BCUT2D eigenvalue weighted by molar-refractivity contribution is 5.72. The SMILES string of the molecule is CCCCCOC(CCCOc1ccccc1)C(=O)O. The molecule has 0 aliphatic rings. The van der Waals surface area contributed by atoms with Crippen LogP contribution in [-0.4, -0.2) is 30.4 Å². The maximum absolute atomic E-state index is 11.1. The van der Waals surface area contributed by atoms with Crippen LogP contribution >= 0.6 is 0 Å². The molecule has 0 aromatic heterocycles. The van der Waals surface area contributed by atoms with Crippen molar-refractivity contribution >= 4 is 5.97 Å². The van der Waals surface area contributed by atoms with Crippen LogP contribution in [-0.2, 0) is 9.53 Å². The molecule has 1 N–H and O–H groups in total. The van der Waals surface area contributed by atoms with E-state index in [4.69, 9.17) is 14.6 Å². The average molecular weight is 280 g/mol. The molecule has 1 aromatic rings. The van der Waals surface area contributed by atoms with Crippen molar-refractivity contribution in [1.29, 1.82) is 0 Å². The summed E-state index contributed by atoms with van der Waals surface area (Å²) in [4.78, 5) is 11.1. The lowest BCUT2D eigenvalue weighted by Crippen LogP contribution is -2.25. The largest absolute Gasteiger partial charge is 0.494 e. The van der Waals surface area contributed by atoms with Gasteiger partial charge in [0.05, 0.1) is 6.61 Å². The molecule has 0 spiro atoms. The molecule has 112 valence electrons. The molecule has 0 saturated heterocycles. The van der Waals surface area contributed by atoms with E-state index in [1.807, 2.05) is 30.3 Å². The summed E-state index contributed by atoms with van der Waals surface area (Å²) in [6, 6.07) is 9.52. The van der Waals surface area contributed by atoms with E-state index < -0.39 is 12.1 Å². The molecule has 0 aliphatic carbocycles. The summed E-state index contributed by atoms with van der Waals surface area (Å²) >= 11 is 0. The van der Waals surface area contributed by atoms with Gasteiger partial charge in [-0.05, 0) is 31.4 Å². The van der Waals surface area contributed by atoms with Gasteiger partial charge in [0.1, 0.15) is 5.75 Å². The number of carbonyl (C=O) groups is 1. The third kappa shape index (κ3) is 7.14. The standard InChI is InChI=1S/C16H24O4/c1-2-3-7-12-20-15(16(17)18)11-8-13-19-14-9-5-4-6-10-14/h4-6,9-10,15H,2-3,7-8,11-13H2,1H3,(H,17,18). The van der Waals surface area contributed by atoms with Gasteiger partial charge in [0.25, 0.3) is 0 Å². The molecule has 1 atom stereocenters. The molecule has 1 rings (SSSR count). The number of rotatable bonds is 11. The van der Waals surface area contributed by atoms with Gasteiger partial charge >= 0.3 is 5.97 Å². The molecule has 0 aliphatic heterocycles. The summed E-state index contributed by atoms with van der Waals surface area (Å²) in [6.07, 6.45) is 3.52. The Morgan fingerprint density at radius 3 is 2.55 bits per heavy atom. The third-order valence-corrected chi connectivity index (χ3v) is 2.96. The third-order valence-electron chi connectivity index (χ3n) is 2.96. The number of benzene rings is 1. The summed E-state index contributed by atoms with van der Waals surface area (Å²) in [7, 11) is 0. The van der Waals surface area contributed by atoms with Gasteiger partial charge in [0.15, 0.2) is 6.10 Å². The molecule has 0 fully saturated rings. The topological polar surface area (TPSA) is 55.8 Å². The molecule has 0 bridgehead atoms. The predicted octanol–water partition coefficient (Wildman–Crippen LogP) is 3.51. The van der Waals surface area contributed by atoms with Gasteiger partial charge in [-0.25, -0.2) is 4.79 Å². The number of para-hydroxylation sites is 1. The normalized spacial score (nSPS) is 12.1. The Kier molecular flexibility index (Phi) is 8.47. The first kappa shape index (κ1) is 16.5. The molecule has 4 heteroatoms. The first-order valence-electron chi connectivity index (χ1n) is 7.26. The lowest BCUT2D eigenvalue weighted by Gasteiger charge is -2.13. The smallest absolute Gasteiger partial charge is 0.332 e. The molecule has 0 radical (unpaired) electrons. The van der Waals surface area contributed by atoms with Gasteiger partial charge in [0.2, 0.25) is 0 Å². The second-order valence-corrected chi connectivity index (χ2v) is 4.71. The molecular weight excluding hydrogens is 256 g/mol. The average Bonchev–Trinajstić information content (AvgIpc) is 2.46. The van der Waals surface area contributed by atoms with Crippen LogP contribution in [0.5, 0.6) is 5.75 Å². The van der Waals surface area contributed by atoms with Crippen LogP contribution in [0.1, 0.15) is 39.0 Å². The second-order valence-electron chi connectivity index (χ2n) is 4.71. The highest BCUT2D eigenvalue weighted by Gasteiger charge is 2.17. The minimum atomic E-state index is -0.888. The van der Waals surface area contributed by atoms with E-state index in [2.05, 4.69) is 6.92 Å². The van der Waals surface area contributed by atoms with Crippen molar-refractivity contribution in [3.05, 3.63) is 30.3 Å². The van der Waals surface area contributed by atoms with Crippen molar-refractivity contribution in [2.75, 3.05) is 13.2 Å². The number of carboxylic acids is 1. The quantitative estimate of drug-likeness (QED) is 0.630. The van der Waals surface area contributed by atoms with E-state index in [1.165, 1.54) is 0 Å². The maximum Gasteiger partial charge on any atom is 0.332 e. The van der Waals surface area contributed by atoms with Crippen LogP contribution in [0.15, 0.2) is 30.3 Å². The first-order valence-corrected chi connectivity index (χ1v) is 7.26. The minimum absolute atomic E-state index is 0.480. The lowest BCUT2D eigenvalue weighted by molar-refractivity contribution is -0.151. The van der Waals surface area contributed by atoms with E-state index in [9.17, 15) is 4.79 Å². The van der Waals surface area contributed by atoms with E-state index in [0.717, 1.165) is 25.0 Å². The van der Waals surface area contributed by atoms with E-state index in [0.29, 0.717) is 26.1 Å². The molecule has 0 saturated carbocycles. The Balaban J connectivity index is 2.17. The zero-order valence-electron chi connectivity index (χ0n) is 12.1. The summed E-state index contributed by atoms with van der Waals surface area (Å²) in [6.45, 7) is 3.13. The molecule has 0 heterocycles. The first-order chi connectivity index (χ1) is 9.74. The fourth-order valence-corrected chi connectivity index (χ4v) is 1.83. The van der Waals surface area contributed by atoms with Crippen LogP contribution < -0.4 is 4.74 Å². The Hall–Kier alpha value is -1.55. The number of aliphatic carboxylic acids is 1. The molecule has 1 unspecified atom stereocenters. The Bertz CT molecular complexity index is 364. The maximum atomic E-state index is 11.1. The van der Waals surface area contributed by atoms with Crippen LogP contribution in [0.25, 0.3) is 0 Å². The van der Waals surface area contributed by atoms with Gasteiger partial charge in [0, 0.05) is 6.61 Å². The van der Waals surface area contributed by atoms with E-state index in [-0.39, 0.29) is 0 Å². The van der Waals surface area contributed by atoms with Crippen LogP contribution in [0.2, 0.25) is 0 Å². The highest BCUT2D eigenvalue weighted by atomic mass is 16.5. The predicted molar refractivity (Wildman–Crippen MR) is 78.1 cm³/mol. The van der Waals surface area contributed by atoms with Crippen LogP contribution in [0.3, 0.4) is 0 Å². The fourth-order valence-electron chi connectivity index (χ4n) is 1.83. The molecule has 0 amide bonds. The van der Waals surface area contributed by atoms with Gasteiger partial charge in [-0.15, -0.1) is 0 Å². The monoisotopic (exact) mass is 280 g/mol. The summed E-state index contributed by atoms with van der Waals surface area (Å²) in [5.41, 5.74) is 0. The second kappa shape index (κ2) is 10.3. The van der Waals surface area contributed by atoms with Crippen molar-refractivity contribution in [3.8, 4) is 5.75 Å². The zero-order valence-corrected chi connectivity index (χ0v) is 12.1. The molecular formula is C16H24O4. The van der Waals surface area contributed by atoms with Crippen LogP contribution in [0, 0.1) is 0 Å².